The van der Waals surface area contributed by atoms with Crippen molar-refractivity contribution in [3.8, 4) is 0 Å². The molecular formula is C10H12Cl2N2O2. The third kappa shape index (κ3) is 3.98. The highest BCUT2D eigenvalue weighted by molar-refractivity contribution is 6.42. The largest absolute Gasteiger partial charge is 0.370 e. The zero-order valence-electron chi connectivity index (χ0n) is 8.45. The molecule has 4 nitrogen and oxygen atoms in total. The molecule has 88 valence electrons. The summed E-state index contributed by atoms with van der Waals surface area (Å²) in [5.41, 5.74) is 11.5. The van der Waals surface area contributed by atoms with Crippen molar-refractivity contribution in [2.24, 2.45) is 11.5 Å². The molecule has 6 heteroatoms. The van der Waals surface area contributed by atoms with E-state index in [-0.39, 0.29) is 19.3 Å². The van der Waals surface area contributed by atoms with Gasteiger partial charge in [0.15, 0.2) is 0 Å². The minimum Gasteiger partial charge on any atom is -0.370 e. The normalized spacial score (nSPS) is 12.4. The van der Waals surface area contributed by atoms with Crippen molar-refractivity contribution in [1.82, 2.24) is 0 Å². The van der Waals surface area contributed by atoms with Crippen LogP contribution in [0.15, 0.2) is 18.2 Å². The summed E-state index contributed by atoms with van der Waals surface area (Å²) in [7, 11) is 0. The summed E-state index contributed by atoms with van der Waals surface area (Å²) in [4.78, 5) is 10.4. The van der Waals surface area contributed by atoms with Gasteiger partial charge in [-0.05, 0) is 17.7 Å². The fourth-order valence-electron chi connectivity index (χ4n) is 1.13. The second-order valence-corrected chi connectivity index (χ2v) is 4.08. The number of carbonyl (C=O) groups excluding carboxylic acids is 1. The van der Waals surface area contributed by atoms with Crippen LogP contribution in [0.3, 0.4) is 0 Å². The lowest BCUT2D eigenvalue weighted by molar-refractivity contribution is -0.122. The van der Waals surface area contributed by atoms with Crippen molar-refractivity contribution in [2.75, 3.05) is 13.2 Å². The van der Waals surface area contributed by atoms with Crippen LogP contribution in [0.25, 0.3) is 0 Å². The molecule has 1 unspecified atom stereocenters. The summed E-state index contributed by atoms with van der Waals surface area (Å²) in [6, 6.07) is 4.72. The summed E-state index contributed by atoms with van der Waals surface area (Å²) in [5, 5.41) is 0.903. The first-order valence-electron chi connectivity index (χ1n) is 4.57. The fourth-order valence-corrected chi connectivity index (χ4v) is 1.43. The van der Waals surface area contributed by atoms with Crippen LogP contribution in [-0.4, -0.2) is 19.1 Å². The number of nitrogens with two attached hydrogens (primary N) is 2. The van der Waals surface area contributed by atoms with Crippen molar-refractivity contribution in [2.45, 2.75) is 6.04 Å². The molecule has 0 radical (unpaired) electrons. The average molecular weight is 263 g/mol. The first-order chi connectivity index (χ1) is 7.50. The predicted octanol–water partition coefficient (Wildman–Crippen LogP) is 1.50. The molecule has 0 heterocycles. The van der Waals surface area contributed by atoms with Crippen LogP contribution in [0.1, 0.15) is 11.6 Å². The summed E-state index contributed by atoms with van der Waals surface area (Å²) in [6.45, 7) is 0.0515. The topological polar surface area (TPSA) is 78.3 Å². The number of amides is 1. The number of hydrogen-bond donors (Lipinski definition) is 2. The Morgan fingerprint density at radius 2 is 2.06 bits per heavy atom. The molecule has 0 saturated carbocycles. The molecule has 0 aliphatic heterocycles. The maximum atomic E-state index is 10.4. The molecule has 1 amide bonds. The number of rotatable bonds is 5. The van der Waals surface area contributed by atoms with Gasteiger partial charge in [-0.25, -0.2) is 0 Å². The number of halogens is 2. The Kier molecular flexibility index (Phi) is 5.02. The Morgan fingerprint density at radius 1 is 1.38 bits per heavy atom. The van der Waals surface area contributed by atoms with Crippen LogP contribution in [-0.2, 0) is 9.53 Å². The SMILES string of the molecule is NC(=O)COCC(N)c1ccc(Cl)c(Cl)c1. The van der Waals surface area contributed by atoms with Gasteiger partial charge in [-0.1, -0.05) is 29.3 Å². The molecule has 0 aliphatic carbocycles. The van der Waals surface area contributed by atoms with Crippen molar-refractivity contribution in [3.05, 3.63) is 33.8 Å². The second kappa shape index (κ2) is 6.06. The van der Waals surface area contributed by atoms with Gasteiger partial charge in [-0.2, -0.15) is 0 Å². The van der Waals surface area contributed by atoms with E-state index in [4.69, 9.17) is 39.4 Å². The molecule has 16 heavy (non-hydrogen) atoms. The molecule has 1 aromatic rings. The maximum absolute atomic E-state index is 10.4. The van der Waals surface area contributed by atoms with E-state index < -0.39 is 5.91 Å². The van der Waals surface area contributed by atoms with Gasteiger partial charge in [0.1, 0.15) is 6.61 Å². The van der Waals surface area contributed by atoms with Crippen molar-refractivity contribution in [1.29, 1.82) is 0 Å². The number of benzene rings is 1. The third-order valence-electron chi connectivity index (χ3n) is 1.91. The van der Waals surface area contributed by atoms with E-state index in [2.05, 4.69) is 0 Å². The van der Waals surface area contributed by atoms with Gasteiger partial charge in [0.05, 0.1) is 22.7 Å². The summed E-state index contributed by atoms with van der Waals surface area (Å²) in [6.07, 6.45) is 0. The fraction of sp³-hybridized carbons (Fsp3) is 0.300. The summed E-state index contributed by atoms with van der Waals surface area (Å²) < 4.78 is 5.01. The minimum atomic E-state index is -0.527. The number of primary amides is 1. The predicted molar refractivity (Wildman–Crippen MR) is 63.4 cm³/mol. The first kappa shape index (κ1) is 13.3. The van der Waals surface area contributed by atoms with E-state index in [9.17, 15) is 4.79 Å². The van der Waals surface area contributed by atoms with Gasteiger partial charge in [0, 0.05) is 0 Å². The average Bonchev–Trinajstić information content (AvgIpc) is 2.21. The van der Waals surface area contributed by atoms with E-state index in [1.807, 2.05) is 0 Å². The molecular weight excluding hydrogens is 251 g/mol. The van der Waals surface area contributed by atoms with Crippen LogP contribution < -0.4 is 11.5 Å². The lowest BCUT2D eigenvalue weighted by atomic mass is 10.1. The van der Waals surface area contributed by atoms with Gasteiger partial charge < -0.3 is 16.2 Å². The minimum absolute atomic E-state index is 0.144. The monoisotopic (exact) mass is 262 g/mol. The van der Waals surface area contributed by atoms with Crippen LogP contribution >= 0.6 is 23.2 Å². The Morgan fingerprint density at radius 3 is 2.62 bits per heavy atom. The Hall–Kier alpha value is -0.810. The lowest BCUT2D eigenvalue weighted by Gasteiger charge is -2.12. The molecule has 1 aromatic carbocycles. The number of ether oxygens (including phenoxy) is 1. The van der Waals surface area contributed by atoms with Crippen LogP contribution in [0.4, 0.5) is 0 Å². The van der Waals surface area contributed by atoms with Gasteiger partial charge >= 0.3 is 0 Å². The number of hydrogen-bond acceptors (Lipinski definition) is 3. The highest BCUT2D eigenvalue weighted by Gasteiger charge is 2.08. The lowest BCUT2D eigenvalue weighted by Crippen LogP contribution is -2.23. The van der Waals surface area contributed by atoms with E-state index >= 15 is 0 Å². The second-order valence-electron chi connectivity index (χ2n) is 3.26. The van der Waals surface area contributed by atoms with Gasteiger partial charge in [-0.15, -0.1) is 0 Å². The highest BCUT2D eigenvalue weighted by Crippen LogP contribution is 2.24. The molecule has 1 atom stereocenters. The summed E-state index contributed by atoms with van der Waals surface area (Å²) in [5.74, 6) is -0.527. The zero-order valence-corrected chi connectivity index (χ0v) is 9.96. The van der Waals surface area contributed by atoms with E-state index in [0.29, 0.717) is 10.0 Å². The third-order valence-corrected chi connectivity index (χ3v) is 2.65. The summed E-state index contributed by atoms with van der Waals surface area (Å²) >= 11 is 11.6. The quantitative estimate of drug-likeness (QED) is 0.844. The van der Waals surface area contributed by atoms with Crippen LogP contribution in [0.5, 0.6) is 0 Å². The van der Waals surface area contributed by atoms with Crippen LogP contribution in [0.2, 0.25) is 10.0 Å². The molecule has 0 spiro atoms. The van der Waals surface area contributed by atoms with Crippen LogP contribution in [0, 0.1) is 0 Å². The van der Waals surface area contributed by atoms with E-state index in [0.717, 1.165) is 5.56 Å². The zero-order chi connectivity index (χ0) is 12.1. The van der Waals surface area contributed by atoms with Gasteiger partial charge in [-0.3, -0.25) is 4.79 Å². The van der Waals surface area contributed by atoms with Crippen molar-refractivity contribution < 1.29 is 9.53 Å². The van der Waals surface area contributed by atoms with E-state index in [1.54, 1.807) is 18.2 Å². The van der Waals surface area contributed by atoms with E-state index in [1.165, 1.54) is 0 Å². The molecule has 0 saturated heterocycles. The number of carbonyl (C=O) groups is 1. The van der Waals surface area contributed by atoms with Gasteiger partial charge in [0.25, 0.3) is 0 Å². The molecule has 1 rings (SSSR count). The Balaban J connectivity index is 2.55. The van der Waals surface area contributed by atoms with Gasteiger partial charge in [0.2, 0.25) is 5.91 Å². The smallest absolute Gasteiger partial charge is 0.243 e. The molecule has 4 N–H and O–H groups in total. The molecule has 0 fully saturated rings. The molecule has 0 aliphatic rings. The molecule has 0 aromatic heterocycles. The Bertz CT molecular complexity index is 385. The molecule has 0 bridgehead atoms. The first-order valence-corrected chi connectivity index (χ1v) is 5.33. The van der Waals surface area contributed by atoms with Crippen molar-refractivity contribution >= 4 is 29.1 Å². The highest BCUT2D eigenvalue weighted by atomic mass is 35.5. The van der Waals surface area contributed by atoms with Crippen molar-refractivity contribution in [3.63, 3.8) is 0 Å². The maximum Gasteiger partial charge on any atom is 0.243 e. The Labute approximate surface area is 103 Å². The standard InChI is InChI=1S/C10H12Cl2N2O2/c11-7-2-1-6(3-8(7)12)9(13)4-16-5-10(14)15/h1-3,9H,4-5,13H2,(H2,14,15).